The van der Waals surface area contributed by atoms with Gasteiger partial charge in [-0.15, -0.1) is 11.3 Å². The van der Waals surface area contributed by atoms with Gasteiger partial charge in [-0.25, -0.2) is 17.9 Å². The minimum absolute atomic E-state index is 0.00809. The van der Waals surface area contributed by atoms with Crippen LogP contribution in [0.25, 0.3) is 0 Å². The highest BCUT2D eigenvalue weighted by Gasteiger charge is 2.18. The lowest BCUT2D eigenvalue weighted by Gasteiger charge is -2.06. The van der Waals surface area contributed by atoms with E-state index in [1.54, 1.807) is 6.07 Å². The van der Waals surface area contributed by atoms with Crippen LogP contribution < -0.4 is 4.72 Å². The van der Waals surface area contributed by atoms with Gasteiger partial charge in [0.15, 0.2) is 0 Å². The number of aromatic carboxylic acids is 1. The molecule has 20 heavy (non-hydrogen) atoms. The Balaban J connectivity index is 2.15. The highest BCUT2D eigenvalue weighted by Crippen LogP contribution is 2.22. The van der Waals surface area contributed by atoms with Gasteiger partial charge < -0.3 is 5.11 Å². The van der Waals surface area contributed by atoms with E-state index in [9.17, 15) is 13.2 Å². The molecule has 0 aliphatic carbocycles. The zero-order chi connectivity index (χ0) is 14.8. The van der Waals surface area contributed by atoms with Crippen molar-refractivity contribution in [3.63, 3.8) is 0 Å². The maximum absolute atomic E-state index is 12.0. The maximum atomic E-state index is 12.0. The van der Waals surface area contributed by atoms with Crippen molar-refractivity contribution >= 4 is 43.3 Å². The Morgan fingerprint density at radius 2 is 1.95 bits per heavy atom. The Bertz CT molecular complexity index is 739. The molecule has 0 amide bonds. The van der Waals surface area contributed by atoms with Crippen molar-refractivity contribution in [3.8, 4) is 0 Å². The van der Waals surface area contributed by atoms with Crippen molar-refractivity contribution in [1.82, 2.24) is 4.72 Å². The van der Waals surface area contributed by atoms with E-state index in [4.69, 9.17) is 5.11 Å². The second kappa shape index (κ2) is 6.04. The Morgan fingerprint density at radius 3 is 2.55 bits per heavy atom. The van der Waals surface area contributed by atoms with Crippen molar-refractivity contribution in [3.05, 3.63) is 51.3 Å². The molecule has 0 aliphatic rings. The zero-order valence-electron chi connectivity index (χ0n) is 10.0. The fraction of sp³-hybridized carbons (Fsp3) is 0.0833. The molecule has 0 atom stereocenters. The van der Waals surface area contributed by atoms with Gasteiger partial charge in [-0.1, -0.05) is 34.1 Å². The summed E-state index contributed by atoms with van der Waals surface area (Å²) in [6, 6.07) is 9.82. The quantitative estimate of drug-likeness (QED) is 0.841. The lowest BCUT2D eigenvalue weighted by atomic mass is 10.2. The van der Waals surface area contributed by atoms with Crippen molar-refractivity contribution in [1.29, 1.82) is 0 Å². The van der Waals surface area contributed by atoms with Crippen LogP contribution in [0.2, 0.25) is 0 Å². The second-order valence-electron chi connectivity index (χ2n) is 3.84. The van der Waals surface area contributed by atoms with Gasteiger partial charge in [0.05, 0.1) is 0 Å². The first-order valence-corrected chi connectivity index (χ1v) is 8.55. The monoisotopic (exact) mass is 375 g/mol. The Kier molecular flexibility index (Phi) is 4.59. The number of halogens is 1. The van der Waals surface area contributed by atoms with E-state index in [1.807, 2.05) is 18.2 Å². The van der Waals surface area contributed by atoms with Crippen LogP contribution in [0, 0.1) is 0 Å². The van der Waals surface area contributed by atoms with Crippen molar-refractivity contribution < 1.29 is 18.3 Å². The number of hydrogen-bond donors (Lipinski definition) is 2. The molecule has 0 saturated carbocycles. The van der Waals surface area contributed by atoms with Crippen molar-refractivity contribution in [2.45, 2.75) is 10.8 Å². The lowest BCUT2D eigenvalue weighted by Crippen LogP contribution is -2.22. The molecular formula is C12H10BrNO4S2. The molecule has 2 aromatic rings. The third kappa shape index (κ3) is 3.45. The van der Waals surface area contributed by atoms with E-state index >= 15 is 0 Å². The van der Waals surface area contributed by atoms with Crippen LogP contribution in [0.15, 0.2) is 45.1 Å². The zero-order valence-corrected chi connectivity index (χ0v) is 13.3. The molecule has 2 N–H and O–H groups in total. The van der Waals surface area contributed by atoms with E-state index in [0.717, 1.165) is 21.4 Å². The van der Waals surface area contributed by atoms with E-state index in [0.29, 0.717) is 0 Å². The van der Waals surface area contributed by atoms with E-state index < -0.39 is 16.0 Å². The van der Waals surface area contributed by atoms with Crippen LogP contribution in [0.1, 0.15) is 15.2 Å². The van der Waals surface area contributed by atoms with E-state index in [2.05, 4.69) is 20.7 Å². The number of thiophene rings is 1. The normalized spacial score (nSPS) is 11.4. The van der Waals surface area contributed by atoms with E-state index in [-0.39, 0.29) is 15.6 Å². The molecule has 1 aromatic carbocycles. The number of hydrogen-bond acceptors (Lipinski definition) is 4. The lowest BCUT2D eigenvalue weighted by molar-refractivity contribution is 0.0702. The molecular weight excluding hydrogens is 366 g/mol. The summed E-state index contributed by atoms with van der Waals surface area (Å²) < 4.78 is 27.3. The van der Waals surface area contributed by atoms with Crippen LogP contribution in [0.4, 0.5) is 0 Å². The molecule has 0 radical (unpaired) electrons. The number of rotatable bonds is 5. The maximum Gasteiger partial charge on any atom is 0.345 e. The molecule has 1 aromatic heterocycles. The minimum Gasteiger partial charge on any atom is -0.477 e. The van der Waals surface area contributed by atoms with E-state index in [1.165, 1.54) is 12.1 Å². The summed E-state index contributed by atoms with van der Waals surface area (Å²) in [6.45, 7) is 0.129. The molecule has 1 heterocycles. The molecule has 0 unspecified atom stereocenters. The van der Waals surface area contributed by atoms with Gasteiger partial charge in [0.1, 0.15) is 9.09 Å². The number of benzene rings is 1. The highest BCUT2D eigenvalue weighted by molar-refractivity contribution is 9.10. The number of nitrogens with one attached hydrogen (secondary N) is 1. The summed E-state index contributed by atoms with van der Waals surface area (Å²) in [5.74, 6) is -1.14. The average molecular weight is 376 g/mol. The van der Waals surface area contributed by atoms with Crippen LogP contribution in [-0.2, 0) is 16.6 Å². The first-order chi connectivity index (χ1) is 9.40. The summed E-state index contributed by atoms with van der Waals surface area (Å²) in [4.78, 5) is 10.7. The topological polar surface area (TPSA) is 83.5 Å². The Morgan fingerprint density at radius 1 is 1.25 bits per heavy atom. The van der Waals surface area contributed by atoms with Gasteiger partial charge in [0, 0.05) is 11.0 Å². The van der Waals surface area contributed by atoms with Gasteiger partial charge in [-0.2, -0.15) is 0 Å². The summed E-state index contributed by atoms with van der Waals surface area (Å²) in [6.07, 6.45) is 0. The standard InChI is InChI=1S/C12H10BrNO4S2/c13-9-4-2-1-3-8(9)7-14-20(17,18)11-6-5-10(19-11)12(15)16/h1-6,14H,7H2,(H,15,16). The summed E-state index contributed by atoms with van der Waals surface area (Å²) in [7, 11) is -3.70. The predicted octanol–water partition coefficient (Wildman–Crippen LogP) is 2.69. The summed E-state index contributed by atoms with van der Waals surface area (Å²) in [5, 5.41) is 8.80. The average Bonchev–Trinajstić information content (AvgIpc) is 2.88. The number of sulfonamides is 1. The molecule has 5 nitrogen and oxygen atoms in total. The molecule has 0 aliphatic heterocycles. The van der Waals surface area contributed by atoms with Crippen molar-refractivity contribution in [2.75, 3.05) is 0 Å². The first kappa shape index (κ1) is 15.2. The number of carboxylic acids is 1. The molecule has 0 spiro atoms. The van der Waals surface area contributed by atoms with Gasteiger partial charge in [0.2, 0.25) is 10.0 Å². The van der Waals surface area contributed by atoms with Gasteiger partial charge in [0.25, 0.3) is 0 Å². The van der Waals surface area contributed by atoms with Crippen molar-refractivity contribution in [2.24, 2.45) is 0 Å². The fourth-order valence-corrected chi connectivity index (χ4v) is 4.09. The fourth-order valence-electron chi connectivity index (χ4n) is 1.47. The molecule has 0 fully saturated rings. The molecule has 0 bridgehead atoms. The molecule has 8 heteroatoms. The first-order valence-electron chi connectivity index (χ1n) is 5.46. The van der Waals surface area contributed by atoms with Gasteiger partial charge in [-0.3, -0.25) is 0 Å². The summed E-state index contributed by atoms with van der Waals surface area (Å²) in [5.41, 5.74) is 0.797. The van der Waals surface area contributed by atoms with Crippen LogP contribution in [0.5, 0.6) is 0 Å². The molecule has 0 saturated heterocycles. The molecule has 2 rings (SSSR count). The smallest absolute Gasteiger partial charge is 0.345 e. The SMILES string of the molecule is O=C(O)c1ccc(S(=O)(=O)NCc2ccccc2Br)s1. The third-order valence-corrected chi connectivity index (χ3v) is 6.21. The van der Waals surface area contributed by atoms with Gasteiger partial charge in [-0.05, 0) is 23.8 Å². The Hall–Kier alpha value is -1.22. The van der Waals surface area contributed by atoms with Crippen LogP contribution in [-0.4, -0.2) is 19.5 Å². The highest BCUT2D eigenvalue weighted by atomic mass is 79.9. The van der Waals surface area contributed by atoms with Crippen LogP contribution in [0.3, 0.4) is 0 Å². The predicted molar refractivity (Wildman–Crippen MR) is 79.4 cm³/mol. The third-order valence-electron chi connectivity index (χ3n) is 2.47. The number of carbonyl (C=O) groups is 1. The minimum atomic E-state index is -3.70. The summed E-state index contributed by atoms with van der Waals surface area (Å²) >= 11 is 4.06. The molecule has 106 valence electrons. The largest absolute Gasteiger partial charge is 0.477 e. The van der Waals surface area contributed by atoms with Crippen LogP contribution >= 0.6 is 27.3 Å². The second-order valence-corrected chi connectivity index (χ2v) is 7.77. The number of carboxylic acid groups (broad SMARTS) is 1. The Labute approximate surface area is 128 Å². The van der Waals surface area contributed by atoms with Gasteiger partial charge >= 0.3 is 5.97 Å².